The summed E-state index contributed by atoms with van der Waals surface area (Å²) in [5, 5.41) is 6.76. The third-order valence-corrected chi connectivity index (χ3v) is 6.74. The first-order valence-corrected chi connectivity index (χ1v) is 9.55. The number of pyridine rings is 1. The third kappa shape index (κ3) is 2.58. The van der Waals surface area contributed by atoms with Crippen LogP contribution in [0.15, 0.2) is 35.5 Å². The zero-order valence-electron chi connectivity index (χ0n) is 14.1. The van der Waals surface area contributed by atoms with Gasteiger partial charge in [-0.05, 0) is 38.0 Å². The van der Waals surface area contributed by atoms with Gasteiger partial charge in [0.05, 0.1) is 22.4 Å². The molecule has 0 amide bonds. The predicted octanol–water partition coefficient (Wildman–Crippen LogP) is 2.38. The maximum absolute atomic E-state index is 12.9. The van der Waals surface area contributed by atoms with Gasteiger partial charge in [-0.25, -0.2) is 8.42 Å². The van der Waals surface area contributed by atoms with Gasteiger partial charge < -0.3 is 4.98 Å². The molecule has 1 aliphatic heterocycles. The Bertz CT molecular complexity index is 1060. The van der Waals surface area contributed by atoms with E-state index in [1.807, 2.05) is 24.4 Å². The second-order valence-corrected chi connectivity index (χ2v) is 8.08. The summed E-state index contributed by atoms with van der Waals surface area (Å²) in [5.41, 5.74) is 5.16. The zero-order valence-corrected chi connectivity index (χ0v) is 14.9. The molecule has 0 atom stereocenters. The van der Waals surface area contributed by atoms with E-state index in [0.29, 0.717) is 30.9 Å². The van der Waals surface area contributed by atoms with Gasteiger partial charge in [0.1, 0.15) is 4.90 Å². The summed E-state index contributed by atoms with van der Waals surface area (Å²) in [6.07, 6.45) is 6.34. The lowest BCUT2D eigenvalue weighted by Crippen LogP contribution is -2.35. The van der Waals surface area contributed by atoms with Crippen LogP contribution in [0.25, 0.3) is 16.6 Å². The first-order chi connectivity index (χ1) is 12.0. The van der Waals surface area contributed by atoms with Crippen LogP contribution in [0.1, 0.15) is 23.4 Å². The van der Waals surface area contributed by atoms with E-state index in [9.17, 15) is 8.42 Å². The first-order valence-electron chi connectivity index (χ1n) is 8.11. The normalized spacial score (nSPS) is 16.3. The molecule has 130 valence electrons. The number of sulfonamides is 1. The van der Waals surface area contributed by atoms with Crippen LogP contribution in [0.4, 0.5) is 0 Å². The molecule has 8 heteroatoms. The Balaban J connectivity index is 1.64. The van der Waals surface area contributed by atoms with Crippen molar-refractivity contribution in [2.24, 2.45) is 0 Å². The van der Waals surface area contributed by atoms with Crippen molar-refractivity contribution in [3.8, 4) is 0 Å². The number of nitrogens with zero attached hydrogens (tertiary/aromatic N) is 3. The summed E-state index contributed by atoms with van der Waals surface area (Å²) in [7, 11) is -3.54. The second-order valence-electron chi connectivity index (χ2n) is 6.21. The monoisotopic (exact) mass is 357 g/mol. The molecular weight excluding hydrogens is 338 g/mol. The van der Waals surface area contributed by atoms with Crippen LogP contribution in [0, 0.1) is 13.8 Å². The summed E-state index contributed by atoms with van der Waals surface area (Å²) >= 11 is 0. The number of fused-ring (bicyclic) bond motifs is 1. The number of H-pyrrole nitrogens is 2. The maximum atomic E-state index is 12.9. The fourth-order valence-corrected chi connectivity index (χ4v) is 5.07. The second kappa shape index (κ2) is 5.82. The SMILES string of the molecule is Cc1n[nH]c(C)c1S(=O)(=O)N1CC=C(c2c[nH]c3cccnc23)CC1. The van der Waals surface area contributed by atoms with E-state index in [1.54, 1.807) is 20.0 Å². The van der Waals surface area contributed by atoms with Gasteiger partial charge in [-0.1, -0.05) is 6.08 Å². The highest BCUT2D eigenvalue weighted by atomic mass is 32.2. The molecular formula is C17H19N5O2S. The molecule has 0 aliphatic carbocycles. The summed E-state index contributed by atoms with van der Waals surface area (Å²) in [4.78, 5) is 7.94. The van der Waals surface area contributed by atoms with Gasteiger partial charge in [-0.3, -0.25) is 10.1 Å². The lowest BCUT2D eigenvalue weighted by atomic mass is 10.0. The highest BCUT2D eigenvalue weighted by molar-refractivity contribution is 7.89. The molecule has 3 aromatic heterocycles. The lowest BCUT2D eigenvalue weighted by Gasteiger charge is -2.25. The van der Waals surface area contributed by atoms with Crippen molar-refractivity contribution in [3.05, 3.63) is 47.6 Å². The van der Waals surface area contributed by atoms with Gasteiger partial charge in [0.2, 0.25) is 10.0 Å². The first kappa shape index (κ1) is 16.0. The van der Waals surface area contributed by atoms with E-state index in [4.69, 9.17) is 0 Å². The number of rotatable bonds is 3. The Labute approximate surface area is 145 Å². The molecule has 0 radical (unpaired) electrons. The minimum atomic E-state index is -3.54. The molecule has 7 nitrogen and oxygen atoms in total. The minimum absolute atomic E-state index is 0.290. The quantitative estimate of drug-likeness (QED) is 0.752. The maximum Gasteiger partial charge on any atom is 0.247 e. The van der Waals surface area contributed by atoms with Crippen molar-refractivity contribution < 1.29 is 8.42 Å². The standard InChI is InChI=1S/C17H19N5O2S/c1-11-17(12(2)21-20-11)25(23,24)22-8-5-13(6-9-22)14-10-19-15-4-3-7-18-16(14)15/h3-5,7,10,19H,6,8-9H2,1-2H3,(H,20,21). The van der Waals surface area contributed by atoms with Crippen LogP contribution in [0.2, 0.25) is 0 Å². The van der Waals surface area contributed by atoms with Gasteiger partial charge in [0.25, 0.3) is 0 Å². The van der Waals surface area contributed by atoms with E-state index in [1.165, 1.54) is 4.31 Å². The van der Waals surface area contributed by atoms with Gasteiger partial charge in [-0.15, -0.1) is 0 Å². The molecule has 0 saturated heterocycles. The summed E-state index contributed by atoms with van der Waals surface area (Å²) in [5.74, 6) is 0. The Hall–Kier alpha value is -2.45. The predicted molar refractivity (Wildman–Crippen MR) is 95.5 cm³/mol. The van der Waals surface area contributed by atoms with Gasteiger partial charge in [0.15, 0.2) is 0 Å². The van der Waals surface area contributed by atoms with Crippen molar-refractivity contribution in [3.63, 3.8) is 0 Å². The average Bonchev–Trinajstić information content (AvgIpc) is 3.18. The van der Waals surface area contributed by atoms with Gasteiger partial charge >= 0.3 is 0 Å². The molecule has 0 fully saturated rings. The number of aromatic nitrogens is 4. The van der Waals surface area contributed by atoms with Crippen molar-refractivity contribution in [1.29, 1.82) is 0 Å². The van der Waals surface area contributed by atoms with Crippen molar-refractivity contribution >= 4 is 26.6 Å². The molecule has 4 heterocycles. The van der Waals surface area contributed by atoms with E-state index in [-0.39, 0.29) is 4.90 Å². The van der Waals surface area contributed by atoms with E-state index in [0.717, 1.165) is 22.2 Å². The average molecular weight is 357 g/mol. The fraction of sp³-hybridized carbons (Fsp3) is 0.294. The molecule has 3 aromatic rings. The van der Waals surface area contributed by atoms with E-state index in [2.05, 4.69) is 20.2 Å². The zero-order chi connectivity index (χ0) is 17.6. The molecule has 25 heavy (non-hydrogen) atoms. The van der Waals surface area contributed by atoms with Crippen LogP contribution in [-0.2, 0) is 10.0 Å². The molecule has 0 spiro atoms. The molecule has 2 N–H and O–H groups in total. The Morgan fingerprint density at radius 2 is 2.12 bits per heavy atom. The molecule has 0 bridgehead atoms. The number of hydrogen-bond donors (Lipinski definition) is 2. The lowest BCUT2D eigenvalue weighted by molar-refractivity contribution is 0.440. The van der Waals surface area contributed by atoms with Gasteiger partial charge in [0, 0.05) is 31.0 Å². The molecule has 0 unspecified atom stereocenters. The highest BCUT2D eigenvalue weighted by Gasteiger charge is 2.31. The Morgan fingerprint density at radius 3 is 2.80 bits per heavy atom. The fourth-order valence-electron chi connectivity index (χ4n) is 3.36. The minimum Gasteiger partial charge on any atom is -0.359 e. The van der Waals surface area contributed by atoms with Crippen LogP contribution in [-0.4, -0.2) is 46.0 Å². The largest absolute Gasteiger partial charge is 0.359 e. The van der Waals surface area contributed by atoms with E-state index < -0.39 is 10.0 Å². The third-order valence-electron chi connectivity index (χ3n) is 4.61. The van der Waals surface area contributed by atoms with Crippen molar-refractivity contribution in [1.82, 2.24) is 24.5 Å². The summed E-state index contributed by atoms with van der Waals surface area (Å²) < 4.78 is 27.3. The number of nitrogens with one attached hydrogen (secondary N) is 2. The summed E-state index contributed by atoms with van der Waals surface area (Å²) in [6, 6.07) is 3.87. The van der Waals surface area contributed by atoms with Crippen molar-refractivity contribution in [2.75, 3.05) is 13.1 Å². The highest BCUT2D eigenvalue weighted by Crippen LogP contribution is 2.30. The topological polar surface area (TPSA) is 94.7 Å². The van der Waals surface area contributed by atoms with Crippen LogP contribution >= 0.6 is 0 Å². The smallest absolute Gasteiger partial charge is 0.247 e. The Kier molecular flexibility index (Phi) is 3.73. The molecule has 0 aromatic carbocycles. The van der Waals surface area contributed by atoms with Crippen LogP contribution in [0.5, 0.6) is 0 Å². The van der Waals surface area contributed by atoms with Crippen LogP contribution < -0.4 is 0 Å². The molecule has 4 rings (SSSR count). The van der Waals surface area contributed by atoms with Crippen LogP contribution in [0.3, 0.4) is 0 Å². The molecule has 1 aliphatic rings. The number of aryl methyl sites for hydroxylation is 2. The van der Waals surface area contributed by atoms with E-state index >= 15 is 0 Å². The summed E-state index contributed by atoms with van der Waals surface area (Å²) in [6.45, 7) is 4.23. The molecule has 0 saturated carbocycles. The van der Waals surface area contributed by atoms with Crippen molar-refractivity contribution in [2.45, 2.75) is 25.2 Å². The Morgan fingerprint density at radius 1 is 1.28 bits per heavy atom. The van der Waals surface area contributed by atoms with Gasteiger partial charge in [-0.2, -0.15) is 9.40 Å². The number of hydrogen-bond acceptors (Lipinski definition) is 4. The number of aromatic amines is 2.